The van der Waals surface area contributed by atoms with Gasteiger partial charge in [-0.15, -0.1) is 0 Å². The molecule has 0 amide bonds. The fourth-order valence-electron chi connectivity index (χ4n) is 1.15. The minimum Gasteiger partial charge on any atom is -0.371 e. The SMILES string of the molecule is CNc1nc(F)nc2c1ncn2C. The molecule has 0 atom stereocenters. The third-order valence-electron chi connectivity index (χ3n) is 1.77. The van der Waals surface area contributed by atoms with Crippen LogP contribution in [0.2, 0.25) is 0 Å². The fourth-order valence-corrected chi connectivity index (χ4v) is 1.15. The summed E-state index contributed by atoms with van der Waals surface area (Å²) in [5, 5.41) is 2.76. The molecule has 68 valence electrons. The fraction of sp³-hybridized carbons (Fsp3) is 0.286. The molecule has 2 heterocycles. The van der Waals surface area contributed by atoms with E-state index in [9.17, 15) is 4.39 Å². The number of fused-ring (bicyclic) bond motifs is 1. The van der Waals surface area contributed by atoms with Crippen LogP contribution in [0.4, 0.5) is 10.2 Å². The Kier molecular flexibility index (Phi) is 1.61. The topological polar surface area (TPSA) is 55.6 Å². The maximum Gasteiger partial charge on any atom is 0.312 e. The van der Waals surface area contributed by atoms with Gasteiger partial charge in [0.25, 0.3) is 0 Å². The van der Waals surface area contributed by atoms with E-state index in [1.807, 2.05) is 0 Å². The zero-order valence-corrected chi connectivity index (χ0v) is 7.24. The summed E-state index contributed by atoms with van der Waals surface area (Å²) in [4.78, 5) is 11.2. The molecule has 5 nitrogen and oxygen atoms in total. The van der Waals surface area contributed by atoms with Gasteiger partial charge in [-0.2, -0.15) is 14.4 Å². The molecule has 0 aliphatic carbocycles. The average molecular weight is 181 g/mol. The van der Waals surface area contributed by atoms with Crippen molar-refractivity contribution in [2.75, 3.05) is 12.4 Å². The first kappa shape index (κ1) is 7.90. The number of aromatic nitrogens is 4. The van der Waals surface area contributed by atoms with E-state index in [0.29, 0.717) is 17.0 Å². The van der Waals surface area contributed by atoms with Crippen molar-refractivity contribution < 1.29 is 4.39 Å². The molecule has 0 fully saturated rings. The highest BCUT2D eigenvalue weighted by molar-refractivity contribution is 5.82. The number of imidazole rings is 1. The molecule has 13 heavy (non-hydrogen) atoms. The lowest BCUT2D eigenvalue weighted by atomic mass is 10.5. The van der Waals surface area contributed by atoms with Gasteiger partial charge in [-0.25, -0.2) is 4.98 Å². The molecule has 0 aliphatic rings. The van der Waals surface area contributed by atoms with E-state index in [4.69, 9.17) is 0 Å². The first-order valence-corrected chi connectivity index (χ1v) is 3.74. The lowest BCUT2D eigenvalue weighted by Gasteiger charge is -1.99. The first-order valence-electron chi connectivity index (χ1n) is 3.74. The molecule has 0 bridgehead atoms. The third-order valence-corrected chi connectivity index (χ3v) is 1.77. The highest BCUT2D eigenvalue weighted by atomic mass is 19.1. The molecule has 0 unspecified atom stereocenters. The van der Waals surface area contributed by atoms with E-state index in [1.54, 1.807) is 25.0 Å². The first-order chi connectivity index (χ1) is 6.22. The van der Waals surface area contributed by atoms with Crippen LogP contribution in [0.3, 0.4) is 0 Å². The summed E-state index contributed by atoms with van der Waals surface area (Å²) in [5.41, 5.74) is 1.06. The van der Waals surface area contributed by atoms with Crippen molar-refractivity contribution in [3.8, 4) is 0 Å². The monoisotopic (exact) mass is 181 g/mol. The second kappa shape index (κ2) is 2.65. The van der Waals surface area contributed by atoms with Gasteiger partial charge in [-0.3, -0.25) is 0 Å². The van der Waals surface area contributed by atoms with Crippen molar-refractivity contribution >= 4 is 17.0 Å². The molecule has 0 aliphatic heterocycles. The lowest BCUT2D eigenvalue weighted by Crippen LogP contribution is -2.00. The Balaban J connectivity index is 2.84. The van der Waals surface area contributed by atoms with Gasteiger partial charge in [0.2, 0.25) is 0 Å². The highest BCUT2D eigenvalue weighted by Gasteiger charge is 2.09. The second-order valence-corrected chi connectivity index (χ2v) is 2.62. The van der Waals surface area contributed by atoms with Crippen molar-refractivity contribution in [3.63, 3.8) is 0 Å². The predicted molar refractivity (Wildman–Crippen MR) is 45.8 cm³/mol. The Morgan fingerprint density at radius 2 is 2.23 bits per heavy atom. The van der Waals surface area contributed by atoms with Crippen molar-refractivity contribution in [1.82, 2.24) is 19.5 Å². The van der Waals surface area contributed by atoms with E-state index < -0.39 is 6.08 Å². The minimum atomic E-state index is -0.750. The maximum atomic E-state index is 12.8. The van der Waals surface area contributed by atoms with Crippen molar-refractivity contribution in [1.29, 1.82) is 0 Å². The highest BCUT2D eigenvalue weighted by Crippen LogP contribution is 2.16. The minimum absolute atomic E-state index is 0.406. The largest absolute Gasteiger partial charge is 0.371 e. The quantitative estimate of drug-likeness (QED) is 0.652. The molecule has 0 aromatic carbocycles. The summed E-state index contributed by atoms with van der Waals surface area (Å²) in [7, 11) is 3.41. The molecule has 0 saturated heterocycles. The number of halogens is 1. The van der Waals surface area contributed by atoms with Crippen LogP contribution < -0.4 is 5.32 Å². The average Bonchev–Trinajstić information content (AvgIpc) is 2.47. The molecule has 0 saturated carbocycles. The summed E-state index contributed by atoms with van der Waals surface area (Å²) in [5.74, 6) is 0.406. The van der Waals surface area contributed by atoms with Gasteiger partial charge in [0.15, 0.2) is 17.0 Å². The number of nitrogens with zero attached hydrogens (tertiary/aromatic N) is 4. The van der Waals surface area contributed by atoms with Gasteiger partial charge in [0.05, 0.1) is 6.33 Å². The molecule has 2 rings (SSSR count). The van der Waals surface area contributed by atoms with E-state index >= 15 is 0 Å². The molecular weight excluding hydrogens is 173 g/mol. The van der Waals surface area contributed by atoms with Crippen LogP contribution in [-0.4, -0.2) is 26.6 Å². The van der Waals surface area contributed by atoms with E-state index in [0.717, 1.165) is 0 Å². The number of anilines is 1. The van der Waals surface area contributed by atoms with Crippen LogP contribution in [0, 0.1) is 6.08 Å². The number of hydrogen-bond acceptors (Lipinski definition) is 4. The van der Waals surface area contributed by atoms with Crippen molar-refractivity contribution in [2.24, 2.45) is 7.05 Å². The molecule has 2 aromatic rings. The standard InChI is InChI=1S/C7H8FN5/c1-9-5-4-6(12-7(8)11-5)13(2)3-10-4/h3H,1-2H3,(H,9,11,12). The molecular formula is C7H8FN5. The smallest absolute Gasteiger partial charge is 0.312 e. The molecule has 0 radical (unpaired) electrons. The van der Waals surface area contributed by atoms with E-state index in [-0.39, 0.29) is 0 Å². The number of hydrogen-bond donors (Lipinski definition) is 1. The van der Waals surface area contributed by atoms with Gasteiger partial charge in [0, 0.05) is 14.1 Å². The van der Waals surface area contributed by atoms with E-state index in [1.165, 1.54) is 0 Å². The summed E-state index contributed by atoms with van der Waals surface area (Å²) >= 11 is 0. The Morgan fingerprint density at radius 3 is 2.92 bits per heavy atom. The summed E-state index contributed by atoms with van der Waals surface area (Å²) in [6.07, 6.45) is 0.819. The molecule has 0 spiro atoms. The second-order valence-electron chi connectivity index (χ2n) is 2.62. The van der Waals surface area contributed by atoms with Crippen molar-refractivity contribution in [3.05, 3.63) is 12.4 Å². The van der Waals surface area contributed by atoms with Crippen molar-refractivity contribution in [2.45, 2.75) is 0 Å². The summed E-state index contributed by atoms with van der Waals surface area (Å²) in [6.45, 7) is 0. The van der Waals surface area contributed by atoms with Gasteiger partial charge >= 0.3 is 6.08 Å². The Hall–Kier alpha value is -1.72. The predicted octanol–water partition coefficient (Wildman–Crippen LogP) is 0.544. The van der Waals surface area contributed by atoms with Crippen LogP contribution >= 0.6 is 0 Å². The lowest BCUT2D eigenvalue weighted by molar-refractivity contribution is 0.544. The van der Waals surface area contributed by atoms with Crippen LogP contribution in [0.1, 0.15) is 0 Å². The summed E-state index contributed by atoms with van der Waals surface area (Å²) in [6, 6.07) is 0. The molecule has 1 N–H and O–H groups in total. The van der Waals surface area contributed by atoms with Crippen LogP contribution in [0.25, 0.3) is 11.2 Å². The maximum absolute atomic E-state index is 12.8. The van der Waals surface area contributed by atoms with Gasteiger partial charge in [-0.1, -0.05) is 0 Å². The molecule has 2 aromatic heterocycles. The van der Waals surface area contributed by atoms with Gasteiger partial charge in [0.1, 0.15) is 0 Å². The summed E-state index contributed by atoms with van der Waals surface area (Å²) < 4.78 is 14.5. The normalized spacial score (nSPS) is 10.7. The van der Waals surface area contributed by atoms with Crippen LogP contribution in [0.15, 0.2) is 6.33 Å². The number of nitrogens with one attached hydrogen (secondary N) is 1. The van der Waals surface area contributed by atoms with Crippen LogP contribution in [0.5, 0.6) is 0 Å². The number of aryl methyl sites for hydroxylation is 1. The van der Waals surface area contributed by atoms with Crippen LogP contribution in [-0.2, 0) is 7.05 Å². The zero-order chi connectivity index (χ0) is 9.42. The third kappa shape index (κ3) is 1.10. The molecule has 6 heteroatoms. The zero-order valence-electron chi connectivity index (χ0n) is 7.24. The Morgan fingerprint density at radius 1 is 1.46 bits per heavy atom. The van der Waals surface area contributed by atoms with Gasteiger partial charge < -0.3 is 9.88 Å². The Bertz CT molecular complexity index is 449. The van der Waals surface area contributed by atoms with E-state index in [2.05, 4.69) is 20.3 Å². The number of rotatable bonds is 1. The van der Waals surface area contributed by atoms with Gasteiger partial charge in [-0.05, 0) is 0 Å². The Labute approximate surface area is 73.6 Å².